The number of phosphoric acid groups is 1. The Balaban J connectivity index is 1.76. The van der Waals surface area contributed by atoms with E-state index in [0.717, 1.165) is 38.5 Å². The highest BCUT2D eigenvalue weighted by molar-refractivity contribution is 7.45. The second-order valence-electron chi connectivity index (χ2n) is 17.0. The molecule has 0 bridgehead atoms. The van der Waals surface area contributed by atoms with Crippen LogP contribution in [0.25, 0.3) is 0 Å². The van der Waals surface area contributed by atoms with Crippen molar-refractivity contribution in [2.24, 2.45) is 5.92 Å². The van der Waals surface area contributed by atoms with Crippen molar-refractivity contribution in [1.29, 1.82) is 0 Å². The molecule has 0 amide bonds. The Morgan fingerprint density at radius 1 is 0.842 bits per heavy atom. The zero-order chi connectivity index (χ0) is 41.9. The molecule has 0 aromatic carbocycles. The number of likely N-dealkylation sites (N-methyl/N-ethyl adjacent to an activating group) is 1. The number of quaternary nitrogens is 1. The van der Waals surface area contributed by atoms with Crippen LogP contribution in [0.15, 0.2) is 23.8 Å². The highest BCUT2D eigenvalue weighted by Gasteiger charge is 2.42. The van der Waals surface area contributed by atoms with Crippen LogP contribution in [0.5, 0.6) is 0 Å². The molecular weight excluding hydrogens is 749 g/mol. The quantitative estimate of drug-likeness (QED) is 0.0124. The predicted molar refractivity (Wildman–Crippen MR) is 221 cm³/mol. The first-order valence-electron chi connectivity index (χ1n) is 22.2. The van der Waals surface area contributed by atoms with Gasteiger partial charge in [-0.2, -0.15) is 0 Å². The number of carbonyl (C=O) groups excluding carboxylic acids is 3. The lowest BCUT2D eigenvalue weighted by molar-refractivity contribution is -0.870. The lowest BCUT2D eigenvalue weighted by Crippen LogP contribution is -2.37. The third-order valence-corrected chi connectivity index (χ3v) is 11.6. The van der Waals surface area contributed by atoms with E-state index in [9.17, 15) is 28.9 Å². The van der Waals surface area contributed by atoms with Crippen molar-refractivity contribution >= 4 is 25.5 Å². The minimum absolute atomic E-state index is 0.0324. The van der Waals surface area contributed by atoms with Gasteiger partial charge < -0.3 is 37.7 Å². The molecule has 1 saturated heterocycles. The van der Waals surface area contributed by atoms with Gasteiger partial charge in [0.1, 0.15) is 25.9 Å². The maximum Gasteiger partial charge on any atom is 0.306 e. The first-order chi connectivity index (χ1) is 27.2. The van der Waals surface area contributed by atoms with Crippen molar-refractivity contribution < 1.29 is 56.7 Å². The molecule has 0 radical (unpaired) electrons. The Morgan fingerprint density at radius 2 is 1.44 bits per heavy atom. The van der Waals surface area contributed by atoms with Gasteiger partial charge in [-0.3, -0.25) is 18.9 Å². The molecule has 330 valence electrons. The van der Waals surface area contributed by atoms with Crippen LogP contribution in [0.3, 0.4) is 0 Å². The highest BCUT2D eigenvalue weighted by Crippen LogP contribution is 2.39. The highest BCUT2D eigenvalue weighted by atomic mass is 31.2. The first-order valence-corrected chi connectivity index (χ1v) is 23.7. The molecule has 0 spiro atoms. The SMILES string of the molecule is CCCCC/C=C\C[C@@H]1/C(=C/[C@H]2O[C@@H]2CCCC(=O)O[C@H](COC(=O)CCCCCCCCCCCCCCC)COP(=O)([O-])OCC[N+](C)(C)C)C(=O)C[C@H]1O. The Kier molecular flexibility index (Phi) is 26.4. The molecule has 0 aromatic heterocycles. The summed E-state index contributed by atoms with van der Waals surface area (Å²) < 4.78 is 39.7. The van der Waals surface area contributed by atoms with Crippen LogP contribution in [0.1, 0.15) is 162 Å². The molecule has 1 aliphatic heterocycles. The van der Waals surface area contributed by atoms with Crippen LogP contribution < -0.4 is 4.89 Å². The number of Topliss-reactive ketones (excluding diaryl/α,β-unsaturated/α-hetero) is 1. The van der Waals surface area contributed by atoms with E-state index < -0.39 is 38.6 Å². The fraction of sp³-hybridized carbons (Fsp3) is 0.841. The predicted octanol–water partition coefficient (Wildman–Crippen LogP) is 8.47. The largest absolute Gasteiger partial charge is 0.756 e. The van der Waals surface area contributed by atoms with Gasteiger partial charge in [0.15, 0.2) is 11.9 Å². The first kappa shape index (κ1) is 51.2. The van der Waals surface area contributed by atoms with Gasteiger partial charge in [-0.1, -0.05) is 116 Å². The lowest BCUT2D eigenvalue weighted by Gasteiger charge is -2.28. The Morgan fingerprint density at radius 3 is 2.07 bits per heavy atom. The Bertz CT molecular complexity index is 1250. The van der Waals surface area contributed by atoms with Crippen molar-refractivity contribution in [1.82, 2.24) is 0 Å². The molecule has 0 aromatic rings. The van der Waals surface area contributed by atoms with Crippen LogP contribution in [0, 0.1) is 5.92 Å². The fourth-order valence-corrected chi connectivity index (χ4v) is 7.67. The second kappa shape index (κ2) is 29.3. The number of hydrogen-bond acceptors (Lipinski definition) is 11. The maximum atomic E-state index is 12.9. The van der Waals surface area contributed by atoms with Crippen LogP contribution in [0.4, 0.5) is 0 Å². The third-order valence-electron chi connectivity index (χ3n) is 10.6. The molecule has 57 heavy (non-hydrogen) atoms. The summed E-state index contributed by atoms with van der Waals surface area (Å²) in [6.45, 7) is 3.88. The third kappa shape index (κ3) is 25.3. The van der Waals surface area contributed by atoms with Gasteiger partial charge in [0, 0.05) is 25.2 Å². The number of unbranched alkanes of at least 4 members (excludes halogenated alkanes) is 15. The average Bonchev–Trinajstić information content (AvgIpc) is 3.83. The van der Waals surface area contributed by atoms with Crippen molar-refractivity contribution in [3.05, 3.63) is 23.8 Å². The standard InChI is InChI=1S/C44H78NO11P/c1-6-8-10-12-14-15-16-17-18-19-20-22-24-28-43(48)52-34-36(35-54-57(50,51)53-31-30-45(3,4)5)55-44(49)29-25-27-41-42(56-41)32-38-37(39(46)33-40(38)47)26-23-21-13-11-9-7-2/h21,23,32,36-37,39,41-42,46H,6-20,22,24-31,33-35H2,1-5H3/b23-21-,38-32-/t36-,37-,39-,41-,42-/m1/s1. The number of carbonyl (C=O) groups is 3. The lowest BCUT2D eigenvalue weighted by atomic mass is 9.95. The molecule has 6 atom stereocenters. The van der Waals surface area contributed by atoms with Gasteiger partial charge in [0.25, 0.3) is 7.82 Å². The molecule has 1 unspecified atom stereocenters. The van der Waals surface area contributed by atoms with E-state index in [1.165, 1.54) is 64.2 Å². The van der Waals surface area contributed by atoms with E-state index in [0.29, 0.717) is 42.3 Å². The molecule has 1 saturated carbocycles. The minimum atomic E-state index is -4.70. The number of ether oxygens (including phenoxy) is 3. The molecule has 1 aliphatic carbocycles. The van der Waals surface area contributed by atoms with Gasteiger partial charge in [-0.15, -0.1) is 0 Å². The molecule has 2 fully saturated rings. The zero-order valence-electron chi connectivity index (χ0n) is 36.1. The normalized spacial score (nSPS) is 21.9. The van der Waals surface area contributed by atoms with Crippen LogP contribution >= 0.6 is 7.82 Å². The number of aliphatic hydroxyl groups is 1. The fourth-order valence-electron chi connectivity index (χ4n) is 6.94. The molecule has 13 heteroatoms. The van der Waals surface area contributed by atoms with Gasteiger partial charge in [0.05, 0.1) is 40.0 Å². The molecule has 1 N–H and O–H groups in total. The van der Waals surface area contributed by atoms with Gasteiger partial charge in [-0.25, -0.2) is 0 Å². The summed E-state index contributed by atoms with van der Waals surface area (Å²) in [7, 11) is 1.02. The molecule has 2 rings (SSSR count). The number of epoxide rings is 1. The van der Waals surface area contributed by atoms with E-state index in [1.54, 1.807) is 0 Å². The van der Waals surface area contributed by atoms with Crippen molar-refractivity contribution in [2.75, 3.05) is 47.5 Å². The van der Waals surface area contributed by atoms with Crippen molar-refractivity contribution in [3.63, 3.8) is 0 Å². The summed E-state index contributed by atoms with van der Waals surface area (Å²) in [4.78, 5) is 50.5. The molecule has 12 nitrogen and oxygen atoms in total. The Labute approximate surface area is 344 Å². The van der Waals surface area contributed by atoms with E-state index in [1.807, 2.05) is 27.2 Å². The summed E-state index contributed by atoms with van der Waals surface area (Å²) in [6, 6.07) is 0. The summed E-state index contributed by atoms with van der Waals surface area (Å²) >= 11 is 0. The number of esters is 2. The Hall–Kier alpha value is -1.92. The van der Waals surface area contributed by atoms with Crippen LogP contribution in [-0.4, -0.2) is 99.2 Å². The van der Waals surface area contributed by atoms with Gasteiger partial charge in [-0.05, 0) is 50.2 Å². The molecular formula is C44H78NO11P. The monoisotopic (exact) mass is 828 g/mol. The zero-order valence-corrected chi connectivity index (χ0v) is 37.0. The summed E-state index contributed by atoms with van der Waals surface area (Å²) in [5, 5.41) is 10.5. The number of nitrogens with zero attached hydrogens (tertiary/aromatic N) is 1. The van der Waals surface area contributed by atoms with Crippen molar-refractivity contribution in [3.8, 4) is 0 Å². The van der Waals surface area contributed by atoms with Gasteiger partial charge >= 0.3 is 11.9 Å². The number of ketones is 1. The molecule has 1 heterocycles. The number of rotatable bonds is 35. The van der Waals surface area contributed by atoms with E-state index in [4.69, 9.17) is 23.3 Å². The number of phosphoric ester groups is 1. The minimum Gasteiger partial charge on any atom is -0.756 e. The number of allylic oxidation sites excluding steroid dienone is 2. The smallest absolute Gasteiger partial charge is 0.306 e. The summed E-state index contributed by atoms with van der Waals surface area (Å²) in [6.07, 6.45) is 25.8. The maximum absolute atomic E-state index is 12.9. The van der Waals surface area contributed by atoms with Crippen LogP contribution in [-0.2, 0) is 42.2 Å². The van der Waals surface area contributed by atoms with E-state index >= 15 is 0 Å². The van der Waals surface area contributed by atoms with Crippen LogP contribution in [0.2, 0.25) is 0 Å². The topological polar surface area (TPSA) is 161 Å². The average molecular weight is 828 g/mol. The van der Waals surface area contributed by atoms with Crippen molar-refractivity contribution in [2.45, 2.75) is 186 Å². The molecule has 2 aliphatic rings. The number of hydrogen-bond donors (Lipinski definition) is 1. The summed E-state index contributed by atoms with van der Waals surface area (Å²) in [5.74, 6) is -1.31. The second-order valence-corrected chi connectivity index (χ2v) is 18.4. The van der Waals surface area contributed by atoms with E-state index in [-0.39, 0.29) is 56.4 Å². The van der Waals surface area contributed by atoms with E-state index in [2.05, 4.69) is 26.0 Å². The summed E-state index contributed by atoms with van der Waals surface area (Å²) in [5.41, 5.74) is 0.621. The van der Waals surface area contributed by atoms with Gasteiger partial charge in [0.2, 0.25) is 0 Å². The number of aliphatic hydroxyl groups excluding tert-OH is 1.